The molecule has 0 saturated carbocycles. The number of benzene rings is 1. The summed E-state index contributed by atoms with van der Waals surface area (Å²) in [6.07, 6.45) is 3.33. The maximum absolute atomic E-state index is 12.4. The summed E-state index contributed by atoms with van der Waals surface area (Å²) >= 11 is 0. The van der Waals surface area contributed by atoms with Crippen LogP contribution < -0.4 is 4.72 Å². The number of pyridine rings is 1. The zero-order valence-electron chi connectivity index (χ0n) is 12.0. The molecule has 0 fully saturated rings. The van der Waals surface area contributed by atoms with Crippen LogP contribution in [0.15, 0.2) is 41.6 Å². The molecular weight excluding hydrogens is 288 g/mol. The normalized spacial score (nSPS) is 11.6. The molecule has 0 radical (unpaired) electrons. The number of aliphatic hydroxyl groups is 1. The summed E-state index contributed by atoms with van der Waals surface area (Å²) in [5.41, 5.74) is 2.99. The molecule has 1 aromatic carbocycles. The SMILES string of the molecule is Cc1cnccc1CNS(=O)(=O)c1cccc(CO)c1C. The molecule has 2 rings (SSSR count). The van der Waals surface area contributed by atoms with Gasteiger partial charge in [-0.15, -0.1) is 0 Å². The Hall–Kier alpha value is -1.76. The Bertz CT molecular complexity index is 742. The van der Waals surface area contributed by atoms with Crippen LogP contribution in [-0.2, 0) is 23.2 Å². The van der Waals surface area contributed by atoms with Crippen LogP contribution in [0.4, 0.5) is 0 Å². The Kier molecular flexibility index (Phi) is 4.72. The summed E-state index contributed by atoms with van der Waals surface area (Å²) in [7, 11) is -3.62. The summed E-state index contributed by atoms with van der Waals surface area (Å²) < 4.78 is 27.4. The summed E-state index contributed by atoms with van der Waals surface area (Å²) in [5.74, 6) is 0. The number of sulfonamides is 1. The number of hydrogen-bond acceptors (Lipinski definition) is 4. The van der Waals surface area contributed by atoms with E-state index in [4.69, 9.17) is 0 Å². The zero-order chi connectivity index (χ0) is 15.5. The van der Waals surface area contributed by atoms with E-state index in [9.17, 15) is 13.5 Å². The fourth-order valence-electron chi connectivity index (χ4n) is 2.07. The minimum Gasteiger partial charge on any atom is -0.392 e. The fourth-order valence-corrected chi connectivity index (χ4v) is 3.37. The largest absolute Gasteiger partial charge is 0.392 e. The van der Waals surface area contributed by atoms with Crippen LogP contribution in [0.5, 0.6) is 0 Å². The highest BCUT2D eigenvalue weighted by Crippen LogP contribution is 2.19. The molecule has 0 atom stereocenters. The highest BCUT2D eigenvalue weighted by Gasteiger charge is 2.18. The van der Waals surface area contributed by atoms with Crippen LogP contribution in [0, 0.1) is 13.8 Å². The number of rotatable bonds is 5. The van der Waals surface area contributed by atoms with Gasteiger partial charge in [-0.1, -0.05) is 12.1 Å². The van der Waals surface area contributed by atoms with Crippen molar-refractivity contribution in [2.45, 2.75) is 31.9 Å². The summed E-state index contributed by atoms with van der Waals surface area (Å²) in [6.45, 7) is 3.60. The summed E-state index contributed by atoms with van der Waals surface area (Å²) in [5, 5.41) is 9.23. The quantitative estimate of drug-likeness (QED) is 0.880. The van der Waals surface area contributed by atoms with Gasteiger partial charge in [-0.2, -0.15) is 0 Å². The lowest BCUT2D eigenvalue weighted by atomic mass is 10.1. The third-order valence-electron chi connectivity index (χ3n) is 3.45. The molecule has 112 valence electrons. The third-order valence-corrected chi connectivity index (χ3v) is 4.99. The molecule has 0 amide bonds. The van der Waals surface area contributed by atoms with E-state index >= 15 is 0 Å². The van der Waals surface area contributed by atoms with Crippen LogP contribution in [0.25, 0.3) is 0 Å². The van der Waals surface area contributed by atoms with Gasteiger partial charge in [-0.05, 0) is 48.2 Å². The van der Waals surface area contributed by atoms with E-state index in [1.165, 1.54) is 6.07 Å². The topological polar surface area (TPSA) is 79.3 Å². The Labute approximate surface area is 124 Å². The Morgan fingerprint density at radius 1 is 1.19 bits per heavy atom. The maximum atomic E-state index is 12.4. The molecule has 1 aromatic heterocycles. The van der Waals surface area contributed by atoms with Gasteiger partial charge in [0.1, 0.15) is 0 Å². The molecule has 21 heavy (non-hydrogen) atoms. The van der Waals surface area contributed by atoms with E-state index in [-0.39, 0.29) is 18.0 Å². The Balaban J connectivity index is 2.26. The first-order chi connectivity index (χ1) is 9.95. The average Bonchev–Trinajstić information content (AvgIpc) is 2.46. The van der Waals surface area contributed by atoms with Gasteiger partial charge in [-0.25, -0.2) is 13.1 Å². The van der Waals surface area contributed by atoms with Crippen LogP contribution in [-0.4, -0.2) is 18.5 Å². The Morgan fingerprint density at radius 2 is 1.95 bits per heavy atom. The van der Waals surface area contributed by atoms with Gasteiger partial charge in [0.15, 0.2) is 0 Å². The molecule has 0 spiro atoms. The van der Waals surface area contributed by atoms with Gasteiger partial charge in [0.05, 0.1) is 11.5 Å². The number of hydrogen-bond donors (Lipinski definition) is 2. The molecule has 2 N–H and O–H groups in total. The van der Waals surface area contributed by atoms with Crippen LogP contribution >= 0.6 is 0 Å². The van der Waals surface area contributed by atoms with Gasteiger partial charge < -0.3 is 5.11 Å². The lowest BCUT2D eigenvalue weighted by Crippen LogP contribution is -2.24. The smallest absolute Gasteiger partial charge is 0.241 e. The van der Waals surface area contributed by atoms with Crippen molar-refractivity contribution in [2.75, 3.05) is 0 Å². The fraction of sp³-hybridized carbons (Fsp3) is 0.267. The molecular formula is C15H18N2O3S. The summed E-state index contributed by atoms with van der Waals surface area (Å²) in [4.78, 5) is 4.17. The number of aromatic nitrogens is 1. The molecule has 1 heterocycles. The lowest BCUT2D eigenvalue weighted by molar-refractivity contribution is 0.280. The van der Waals surface area contributed by atoms with Crippen molar-refractivity contribution in [1.82, 2.24) is 9.71 Å². The van der Waals surface area contributed by atoms with Crippen molar-refractivity contribution in [3.63, 3.8) is 0 Å². The van der Waals surface area contributed by atoms with Gasteiger partial charge in [0, 0.05) is 18.9 Å². The zero-order valence-corrected chi connectivity index (χ0v) is 12.8. The Morgan fingerprint density at radius 3 is 2.62 bits per heavy atom. The van der Waals surface area contributed by atoms with E-state index in [0.29, 0.717) is 11.1 Å². The van der Waals surface area contributed by atoms with E-state index in [0.717, 1.165) is 11.1 Å². The number of nitrogens with one attached hydrogen (secondary N) is 1. The minimum absolute atomic E-state index is 0.182. The third kappa shape index (κ3) is 3.47. The molecule has 0 aliphatic rings. The molecule has 5 nitrogen and oxygen atoms in total. The van der Waals surface area contributed by atoms with Crippen molar-refractivity contribution < 1.29 is 13.5 Å². The first-order valence-electron chi connectivity index (χ1n) is 6.54. The second-order valence-electron chi connectivity index (χ2n) is 4.83. The number of aryl methyl sites for hydroxylation is 1. The molecule has 2 aromatic rings. The molecule has 0 saturated heterocycles. The monoisotopic (exact) mass is 306 g/mol. The predicted octanol–water partition coefficient (Wildman–Crippen LogP) is 1.67. The van der Waals surface area contributed by atoms with Crippen molar-refractivity contribution in [1.29, 1.82) is 0 Å². The number of aliphatic hydroxyl groups excluding tert-OH is 1. The van der Waals surface area contributed by atoms with Crippen molar-refractivity contribution in [2.24, 2.45) is 0 Å². The minimum atomic E-state index is -3.62. The highest BCUT2D eigenvalue weighted by atomic mass is 32.2. The average molecular weight is 306 g/mol. The lowest BCUT2D eigenvalue weighted by Gasteiger charge is -2.12. The first-order valence-corrected chi connectivity index (χ1v) is 8.02. The van der Waals surface area contributed by atoms with Crippen molar-refractivity contribution in [3.8, 4) is 0 Å². The van der Waals surface area contributed by atoms with Gasteiger partial charge in [-0.3, -0.25) is 4.98 Å². The molecule has 0 aliphatic heterocycles. The van der Waals surface area contributed by atoms with Gasteiger partial charge in [0.25, 0.3) is 0 Å². The van der Waals surface area contributed by atoms with E-state index in [1.54, 1.807) is 37.5 Å². The first kappa shape index (κ1) is 15.6. The van der Waals surface area contributed by atoms with Gasteiger partial charge >= 0.3 is 0 Å². The molecule has 0 bridgehead atoms. The van der Waals surface area contributed by atoms with Gasteiger partial charge in [0.2, 0.25) is 10.0 Å². The molecule has 0 aliphatic carbocycles. The highest BCUT2D eigenvalue weighted by molar-refractivity contribution is 7.89. The maximum Gasteiger partial charge on any atom is 0.241 e. The van der Waals surface area contributed by atoms with Crippen LogP contribution in [0.1, 0.15) is 22.3 Å². The second kappa shape index (κ2) is 6.34. The molecule has 6 heteroatoms. The van der Waals surface area contributed by atoms with Crippen molar-refractivity contribution in [3.05, 3.63) is 58.9 Å². The standard InChI is InChI=1S/C15H18N2O3S/c1-11-8-16-7-6-13(11)9-17-21(19,20)15-5-3-4-14(10-18)12(15)2/h3-8,17-18H,9-10H2,1-2H3. The number of nitrogens with zero attached hydrogens (tertiary/aromatic N) is 1. The molecule has 0 unspecified atom stereocenters. The van der Waals surface area contributed by atoms with E-state index in [2.05, 4.69) is 9.71 Å². The van der Waals surface area contributed by atoms with E-state index < -0.39 is 10.0 Å². The van der Waals surface area contributed by atoms with E-state index in [1.807, 2.05) is 6.92 Å². The second-order valence-corrected chi connectivity index (χ2v) is 6.56. The van der Waals surface area contributed by atoms with Crippen molar-refractivity contribution >= 4 is 10.0 Å². The van der Waals surface area contributed by atoms with Crippen LogP contribution in [0.2, 0.25) is 0 Å². The summed E-state index contributed by atoms with van der Waals surface area (Å²) in [6, 6.07) is 6.66. The predicted molar refractivity (Wildman–Crippen MR) is 80.1 cm³/mol. The van der Waals surface area contributed by atoms with Crippen LogP contribution in [0.3, 0.4) is 0 Å².